The molecule has 10 heteroatoms. The maximum Gasteiger partial charge on any atom is 0.256 e. The van der Waals surface area contributed by atoms with E-state index >= 15 is 0 Å². The second-order valence-corrected chi connectivity index (χ2v) is 10.2. The monoisotopic (exact) mass is 466 g/mol. The van der Waals surface area contributed by atoms with Crippen LogP contribution in [0.3, 0.4) is 0 Å². The Morgan fingerprint density at radius 1 is 1.17 bits per heavy atom. The summed E-state index contributed by atoms with van der Waals surface area (Å²) in [4.78, 5) is 21.2. The number of hydrogen-bond donors (Lipinski definition) is 1. The van der Waals surface area contributed by atoms with Crippen LogP contribution in [0.25, 0.3) is 0 Å². The molecule has 1 N–H and O–H groups in total. The first-order chi connectivity index (χ1) is 14.2. The molecular formula is C20H20Cl2N4O3S. The predicted molar refractivity (Wildman–Crippen MR) is 116 cm³/mol. The van der Waals surface area contributed by atoms with Gasteiger partial charge in [-0.3, -0.25) is 14.7 Å². The van der Waals surface area contributed by atoms with E-state index in [1.54, 1.807) is 6.07 Å². The summed E-state index contributed by atoms with van der Waals surface area (Å²) >= 11 is 12.1. The lowest BCUT2D eigenvalue weighted by molar-refractivity contribution is 0.235. The number of H-pyrrole nitrogens is 1. The Bertz CT molecular complexity index is 1270. The van der Waals surface area contributed by atoms with Crippen molar-refractivity contribution in [2.75, 3.05) is 12.8 Å². The minimum atomic E-state index is -3.56. The zero-order valence-corrected chi connectivity index (χ0v) is 18.6. The molecule has 0 amide bonds. The van der Waals surface area contributed by atoms with Gasteiger partial charge in [-0.2, -0.15) is 0 Å². The highest BCUT2D eigenvalue weighted by Crippen LogP contribution is 2.24. The van der Waals surface area contributed by atoms with E-state index in [-0.39, 0.29) is 5.16 Å². The highest BCUT2D eigenvalue weighted by atomic mass is 35.5. The summed E-state index contributed by atoms with van der Waals surface area (Å²) in [6.45, 7) is 2.41. The van der Waals surface area contributed by atoms with E-state index in [0.29, 0.717) is 53.9 Å². The van der Waals surface area contributed by atoms with Crippen molar-refractivity contribution >= 4 is 33.0 Å². The molecule has 0 atom stereocenters. The first-order valence-corrected chi connectivity index (χ1v) is 12.0. The Morgan fingerprint density at radius 3 is 2.70 bits per heavy atom. The molecule has 0 saturated carbocycles. The van der Waals surface area contributed by atoms with Crippen molar-refractivity contribution in [3.8, 4) is 0 Å². The molecule has 0 fully saturated rings. The molecule has 7 nitrogen and oxygen atoms in total. The fourth-order valence-corrected chi connectivity index (χ4v) is 4.45. The molecular weight excluding hydrogens is 447 g/mol. The van der Waals surface area contributed by atoms with Gasteiger partial charge in [0.2, 0.25) is 15.0 Å². The quantitative estimate of drug-likeness (QED) is 0.583. The van der Waals surface area contributed by atoms with Crippen LogP contribution in [0.2, 0.25) is 10.0 Å². The molecule has 3 heterocycles. The third-order valence-electron chi connectivity index (χ3n) is 5.12. The summed E-state index contributed by atoms with van der Waals surface area (Å²) in [5.74, 6) is 0. The highest BCUT2D eigenvalue weighted by Gasteiger charge is 2.24. The summed E-state index contributed by atoms with van der Waals surface area (Å²) in [6.07, 6.45) is 3.56. The molecule has 3 aromatic rings. The van der Waals surface area contributed by atoms with E-state index in [0.717, 1.165) is 17.5 Å². The fraction of sp³-hybridized carbons (Fsp3) is 0.300. The zero-order valence-electron chi connectivity index (χ0n) is 16.2. The van der Waals surface area contributed by atoms with Crippen LogP contribution in [0, 0.1) is 0 Å². The van der Waals surface area contributed by atoms with E-state index in [1.807, 2.05) is 30.5 Å². The number of hydrogen-bond acceptors (Lipinski definition) is 5. The molecule has 1 aliphatic heterocycles. The lowest BCUT2D eigenvalue weighted by Gasteiger charge is -2.28. The summed E-state index contributed by atoms with van der Waals surface area (Å²) in [6, 6.07) is 9.61. The predicted octanol–water partition coefficient (Wildman–Crippen LogP) is 2.89. The normalized spacial score (nSPS) is 14.6. The Labute approximate surface area is 184 Å². The standard InChI is InChI=1S/C20H20Cl2N4O3S/c1-30(28,29)20-23-18-6-8-25(12-15(18)19(27)24-20)11-14-3-2-7-26(14)10-13-4-5-16(21)17(22)9-13/h2-5,7,9H,6,8,10-12H2,1H3,(H,23,24,27). The molecule has 2 aromatic heterocycles. The molecule has 0 radical (unpaired) electrons. The van der Waals surface area contributed by atoms with Crippen molar-refractivity contribution in [2.24, 2.45) is 0 Å². The third kappa shape index (κ3) is 4.46. The second kappa shape index (κ2) is 8.19. The SMILES string of the molecule is CS(=O)(=O)c1nc2c(c(=O)[nH]1)CN(Cc1cccn1Cc1ccc(Cl)c(Cl)c1)CC2. The van der Waals surface area contributed by atoms with Gasteiger partial charge < -0.3 is 4.57 Å². The van der Waals surface area contributed by atoms with Crippen LogP contribution in [0.4, 0.5) is 0 Å². The molecule has 0 spiro atoms. The van der Waals surface area contributed by atoms with Crippen molar-refractivity contribution in [3.63, 3.8) is 0 Å². The van der Waals surface area contributed by atoms with Gasteiger partial charge in [0.15, 0.2) is 0 Å². The van der Waals surface area contributed by atoms with E-state index in [4.69, 9.17) is 23.2 Å². The van der Waals surface area contributed by atoms with Gasteiger partial charge in [0, 0.05) is 50.7 Å². The molecule has 0 saturated heterocycles. The Balaban J connectivity index is 1.52. The average Bonchev–Trinajstić information content (AvgIpc) is 3.11. The van der Waals surface area contributed by atoms with E-state index in [9.17, 15) is 13.2 Å². The van der Waals surface area contributed by atoms with Crippen molar-refractivity contribution < 1.29 is 8.42 Å². The maximum atomic E-state index is 12.4. The van der Waals surface area contributed by atoms with Crippen molar-refractivity contribution in [1.29, 1.82) is 0 Å². The minimum absolute atomic E-state index is 0.268. The number of fused-ring (bicyclic) bond motifs is 1. The molecule has 158 valence electrons. The van der Waals surface area contributed by atoms with Gasteiger partial charge in [0.1, 0.15) is 0 Å². The Hall–Kier alpha value is -2.13. The van der Waals surface area contributed by atoms with Crippen molar-refractivity contribution in [3.05, 3.63) is 79.4 Å². The maximum absolute atomic E-state index is 12.4. The van der Waals surface area contributed by atoms with E-state index in [1.165, 1.54) is 0 Å². The average molecular weight is 467 g/mol. The smallest absolute Gasteiger partial charge is 0.256 e. The van der Waals surface area contributed by atoms with Crippen LogP contribution < -0.4 is 5.56 Å². The summed E-state index contributed by atoms with van der Waals surface area (Å²) in [5.41, 5.74) is 2.83. The summed E-state index contributed by atoms with van der Waals surface area (Å²) in [5, 5.41) is 0.781. The number of nitrogens with zero attached hydrogens (tertiary/aromatic N) is 3. The Kier molecular flexibility index (Phi) is 5.76. The minimum Gasteiger partial charge on any atom is -0.346 e. The highest BCUT2D eigenvalue weighted by molar-refractivity contribution is 7.90. The lowest BCUT2D eigenvalue weighted by atomic mass is 10.1. The second-order valence-electron chi connectivity index (χ2n) is 7.41. The molecule has 0 unspecified atom stereocenters. The first kappa shape index (κ1) is 21.1. The molecule has 0 bridgehead atoms. The zero-order chi connectivity index (χ0) is 21.5. The van der Waals surface area contributed by atoms with E-state index in [2.05, 4.69) is 19.4 Å². The molecule has 0 aliphatic carbocycles. The van der Waals surface area contributed by atoms with Crippen molar-refractivity contribution in [2.45, 2.75) is 31.2 Å². The fourth-order valence-electron chi connectivity index (χ4n) is 3.58. The first-order valence-electron chi connectivity index (χ1n) is 9.33. The van der Waals surface area contributed by atoms with Crippen LogP contribution in [-0.4, -0.2) is 40.7 Å². The molecule has 30 heavy (non-hydrogen) atoms. The largest absolute Gasteiger partial charge is 0.346 e. The lowest BCUT2D eigenvalue weighted by Crippen LogP contribution is -2.36. The Morgan fingerprint density at radius 2 is 1.97 bits per heavy atom. The van der Waals surface area contributed by atoms with Gasteiger partial charge >= 0.3 is 0 Å². The van der Waals surface area contributed by atoms with Crippen LogP contribution in [0.5, 0.6) is 0 Å². The number of nitrogens with one attached hydrogen (secondary N) is 1. The van der Waals surface area contributed by atoms with E-state index < -0.39 is 15.4 Å². The van der Waals surface area contributed by atoms with Crippen LogP contribution in [-0.2, 0) is 35.9 Å². The topological polar surface area (TPSA) is 88.1 Å². The molecule has 1 aromatic carbocycles. The molecule has 1 aliphatic rings. The van der Waals surface area contributed by atoms with Gasteiger partial charge in [-0.25, -0.2) is 13.4 Å². The van der Waals surface area contributed by atoms with Gasteiger partial charge in [0.05, 0.1) is 21.3 Å². The number of halogens is 2. The van der Waals surface area contributed by atoms with Gasteiger partial charge in [-0.1, -0.05) is 29.3 Å². The summed E-state index contributed by atoms with van der Waals surface area (Å²) in [7, 11) is -3.56. The third-order valence-corrected chi connectivity index (χ3v) is 6.76. The summed E-state index contributed by atoms with van der Waals surface area (Å²) < 4.78 is 25.6. The number of rotatable bonds is 5. The number of aromatic amines is 1. The van der Waals surface area contributed by atoms with Gasteiger partial charge in [0.25, 0.3) is 5.56 Å². The number of aromatic nitrogens is 3. The van der Waals surface area contributed by atoms with Gasteiger partial charge in [-0.05, 0) is 29.8 Å². The van der Waals surface area contributed by atoms with Gasteiger partial charge in [-0.15, -0.1) is 0 Å². The van der Waals surface area contributed by atoms with Crippen LogP contribution in [0.15, 0.2) is 46.5 Å². The molecule has 4 rings (SSSR count). The van der Waals surface area contributed by atoms with Crippen LogP contribution >= 0.6 is 23.2 Å². The van der Waals surface area contributed by atoms with Crippen molar-refractivity contribution in [1.82, 2.24) is 19.4 Å². The number of benzene rings is 1. The number of sulfone groups is 1. The van der Waals surface area contributed by atoms with Crippen LogP contribution in [0.1, 0.15) is 22.5 Å².